The summed E-state index contributed by atoms with van der Waals surface area (Å²) in [5.41, 5.74) is 6.08. The summed E-state index contributed by atoms with van der Waals surface area (Å²) in [7, 11) is -3.43. The van der Waals surface area contributed by atoms with Crippen LogP contribution < -0.4 is 11.1 Å². The van der Waals surface area contributed by atoms with E-state index in [1.165, 1.54) is 12.1 Å². The molecule has 3 N–H and O–H groups in total. The minimum atomic E-state index is -3.43. The van der Waals surface area contributed by atoms with Crippen molar-refractivity contribution in [2.45, 2.75) is 26.2 Å². The van der Waals surface area contributed by atoms with Crippen molar-refractivity contribution in [1.82, 2.24) is 0 Å². The number of anilines is 2. The molecule has 0 aliphatic carbocycles. The molecule has 8 heteroatoms. The summed E-state index contributed by atoms with van der Waals surface area (Å²) in [4.78, 5) is 11.8. The number of nitrogens with one attached hydrogen (secondary N) is 1. The predicted octanol–water partition coefficient (Wildman–Crippen LogP) is 3.12. The van der Waals surface area contributed by atoms with E-state index in [9.17, 15) is 13.2 Å². The lowest BCUT2D eigenvalue weighted by molar-refractivity contribution is -0.113. The third-order valence-corrected chi connectivity index (χ3v) is 4.95. The van der Waals surface area contributed by atoms with Crippen molar-refractivity contribution in [1.29, 1.82) is 0 Å². The highest BCUT2D eigenvalue weighted by Gasteiger charge is 2.18. The predicted molar refractivity (Wildman–Crippen MR) is 87.7 cm³/mol. The monoisotopic (exact) mass is 352 g/mol. The molecule has 0 radical (unpaired) electrons. The third-order valence-electron chi connectivity index (χ3n) is 2.74. The minimum Gasteiger partial charge on any atom is -0.399 e. The SMILES string of the molecule is CCCCCS(=O)(=O)CC(=O)Nc1c(Cl)cc(N)cc1Cl. The van der Waals surface area contributed by atoms with Gasteiger partial charge in [-0.3, -0.25) is 4.79 Å². The van der Waals surface area contributed by atoms with Gasteiger partial charge < -0.3 is 11.1 Å². The van der Waals surface area contributed by atoms with Crippen LogP contribution in [0.3, 0.4) is 0 Å². The first-order chi connectivity index (χ1) is 9.75. The molecule has 0 aliphatic rings. The molecule has 0 spiro atoms. The number of rotatable bonds is 7. The number of carbonyl (C=O) groups excluding carboxylic acids is 1. The number of sulfone groups is 1. The maximum Gasteiger partial charge on any atom is 0.239 e. The van der Waals surface area contributed by atoms with Crippen LogP contribution in [0.4, 0.5) is 11.4 Å². The Balaban J connectivity index is 2.70. The Morgan fingerprint density at radius 2 is 1.81 bits per heavy atom. The van der Waals surface area contributed by atoms with Crippen LogP contribution in [-0.2, 0) is 14.6 Å². The number of hydrogen-bond acceptors (Lipinski definition) is 4. The normalized spacial score (nSPS) is 11.4. The van der Waals surface area contributed by atoms with Crippen LogP contribution in [0.2, 0.25) is 10.0 Å². The van der Waals surface area contributed by atoms with Gasteiger partial charge in [-0.15, -0.1) is 0 Å². The number of carbonyl (C=O) groups is 1. The van der Waals surface area contributed by atoms with Gasteiger partial charge in [-0.05, 0) is 18.6 Å². The maximum absolute atomic E-state index is 11.8. The molecule has 0 bridgehead atoms. The second-order valence-corrected chi connectivity index (χ2v) is 7.71. The quantitative estimate of drug-likeness (QED) is 0.582. The molecule has 1 aromatic carbocycles. The number of hydrogen-bond donors (Lipinski definition) is 2. The van der Waals surface area contributed by atoms with Crippen molar-refractivity contribution in [2.75, 3.05) is 22.6 Å². The molecule has 0 saturated carbocycles. The van der Waals surface area contributed by atoms with E-state index in [4.69, 9.17) is 28.9 Å². The molecular weight excluding hydrogens is 335 g/mol. The largest absolute Gasteiger partial charge is 0.399 e. The van der Waals surface area contributed by atoms with Gasteiger partial charge in [-0.2, -0.15) is 0 Å². The number of nitrogens with two attached hydrogens (primary N) is 1. The standard InChI is InChI=1S/C13H18Cl2N2O3S/c1-2-3-4-5-21(19,20)8-12(18)17-13-10(14)6-9(16)7-11(13)15/h6-7H,2-5,8,16H2,1H3,(H,17,18). The number of amides is 1. The Morgan fingerprint density at radius 3 is 2.33 bits per heavy atom. The van der Waals surface area contributed by atoms with Crippen molar-refractivity contribution in [3.8, 4) is 0 Å². The second-order valence-electron chi connectivity index (χ2n) is 4.71. The number of halogens is 2. The van der Waals surface area contributed by atoms with Gasteiger partial charge in [0.1, 0.15) is 5.75 Å². The van der Waals surface area contributed by atoms with Gasteiger partial charge in [-0.25, -0.2) is 8.42 Å². The lowest BCUT2D eigenvalue weighted by Gasteiger charge is -2.10. The molecule has 0 heterocycles. The lowest BCUT2D eigenvalue weighted by Crippen LogP contribution is -2.25. The van der Waals surface area contributed by atoms with Crippen LogP contribution in [0.15, 0.2) is 12.1 Å². The van der Waals surface area contributed by atoms with Gasteiger partial charge in [-0.1, -0.05) is 43.0 Å². The number of unbranched alkanes of at least 4 members (excludes halogenated alkanes) is 2. The maximum atomic E-state index is 11.8. The molecule has 1 amide bonds. The van der Waals surface area contributed by atoms with Gasteiger partial charge in [0.25, 0.3) is 0 Å². The number of benzene rings is 1. The van der Waals surface area contributed by atoms with E-state index in [1.54, 1.807) is 0 Å². The molecular formula is C13H18Cl2N2O3S. The zero-order valence-corrected chi connectivity index (χ0v) is 14.0. The fourth-order valence-electron chi connectivity index (χ4n) is 1.73. The Kier molecular flexibility index (Phi) is 6.77. The molecule has 21 heavy (non-hydrogen) atoms. The van der Waals surface area contributed by atoms with Gasteiger partial charge in [0.15, 0.2) is 9.84 Å². The molecule has 0 unspecified atom stereocenters. The van der Waals surface area contributed by atoms with Crippen molar-refractivity contribution >= 4 is 50.3 Å². The van der Waals surface area contributed by atoms with E-state index in [1.807, 2.05) is 6.92 Å². The van der Waals surface area contributed by atoms with E-state index in [-0.39, 0.29) is 21.5 Å². The molecule has 118 valence electrons. The summed E-state index contributed by atoms with van der Waals surface area (Å²) in [5.74, 6) is -1.26. The molecule has 1 rings (SSSR count). The second kappa shape index (κ2) is 7.87. The zero-order valence-electron chi connectivity index (χ0n) is 11.7. The molecule has 0 fully saturated rings. The van der Waals surface area contributed by atoms with Crippen molar-refractivity contribution < 1.29 is 13.2 Å². The topological polar surface area (TPSA) is 89.3 Å². The molecule has 5 nitrogen and oxygen atoms in total. The van der Waals surface area contributed by atoms with Crippen LogP contribution in [0.5, 0.6) is 0 Å². The average Bonchev–Trinajstić information content (AvgIpc) is 2.33. The Labute approximate surface area is 134 Å². The third kappa shape index (κ3) is 6.11. The molecule has 1 aromatic rings. The van der Waals surface area contributed by atoms with Gasteiger partial charge in [0, 0.05) is 5.69 Å². The first-order valence-electron chi connectivity index (χ1n) is 6.50. The Hall–Kier alpha value is -0.980. The summed E-state index contributed by atoms with van der Waals surface area (Å²) < 4.78 is 23.6. The fraction of sp³-hybridized carbons (Fsp3) is 0.462. The van der Waals surface area contributed by atoms with Crippen LogP contribution in [0, 0.1) is 0 Å². The van der Waals surface area contributed by atoms with E-state index < -0.39 is 21.5 Å². The van der Waals surface area contributed by atoms with Crippen LogP contribution in [-0.4, -0.2) is 25.8 Å². The van der Waals surface area contributed by atoms with Crippen LogP contribution in [0.1, 0.15) is 26.2 Å². The summed E-state index contributed by atoms with van der Waals surface area (Å²) in [6.45, 7) is 1.98. The molecule has 0 aromatic heterocycles. The Morgan fingerprint density at radius 1 is 1.24 bits per heavy atom. The average molecular weight is 353 g/mol. The van der Waals surface area contributed by atoms with E-state index in [2.05, 4.69) is 5.32 Å². The van der Waals surface area contributed by atoms with Gasteiger partial charge >= 0.3 is 0 Å². The van der Waals surface area contributed by atoms with E-state index >= 15 is 0 Å². The highest BCUT2D eigenvalue weighted by Crippen LogP contribution is 2.32. The summed E-state index contributed by atoms with van der Waals surface area (Å²) in [6, 6.07) is 2.86. The molecule has 0 saturated heterocycles. The summed E-state index contributed by atoms with van der Waals surface area (Å²) in [6.07, 6.45) is 2.28. The highest BCUT2D eigenvalue weighted by molar-refractivity contribution is 7.92. The molecule has 0 atom stereocenters. The van der Waals surface area contributed by atoms with Crippen molar-refractivity contribution in [3.63, 3.8) is 0 Å². The minimum absolute atomic E-state index is 0.00252. The first kappa shape index (κ1) is 18.1. The van der Waals surface area contributed by atoms with Crippen LogP contribution >= 0.6 is 23.2 Å². The van der Waals surface area contributed by atoms with Crippen LogP contribution in [0.25, 0.3) is 0 Å². The first-order valence-corrected chi connectivity index (χ1v) is 9.07. The van der Waals surface area contributed by atoms with Crippen molar-refractivity contribution in [2.24, 2.45) is 0 Å². The van der Waals surface area contributed by atoms with E-state index in [0.717, 1.165) is 12.8 Å². The number of nitrogen functional groups attached to an aromatic ring is 1. The van der Waals surface area contributed by atoms with Gasteiger partial charge in [0.2, 0.25) is 5.91 Å². The highest BCUT2D eigenvalue weighted by atomic mass is 35.5. The Bertz CT molecular complexity index is 595. The summed E-state index contributed by atoms with van der Waals surface area (Å²) in [5, 5.41) is 2.74. The fourth-order valence-corrected chi connectivity index (χ4v) is 3.59. The van der Waals surface area contributed by atoms with Crippen molar-refractivity contribution in [3.05, 3.63) is 22.2 Å². The smallest absolute Gasteiger partial charge is 0.239 e. The molecule has 0 aliphatic heterocycles. The lowest BCUT2D eigenvalue weighted by atomic mass is 10.3. The zero-order chi connectivity index (χ0) is 16.0. The van der Waals surface area contributed by atoms with Gasteiger partial charge in [0.05, 0.1) is 21.5 Å². The summed E-state index contributed by atoms with van der Waals surface area (Å²) >= 11 is 11.8. The van der Waals surface area contributed by atoms with E-state index in [0.29, 0.717) is 12.1 Å².